The molecule has 0 aromatic carbocycles. The molecule has 0 amide bonds. The molecule has 106 valence electrons. The van der Waals surface area contributed by atoms with E-state index in [1.165, 1.54) is 18.4 Å². The molecule has 0 bridgehead atoms. The van der Waals surface area contributed by atoms with E-state index >= 15 is 0 Å². The Kier molecular flexibility index (Phi) is 4.14. The van der Waals surface area contributed by atoms with Gasteiger partial charge in [0.15, 0.2) is 0 Å². The van der Waals surface area contributed by atoms with Crippen molar-refractivity contribution < 1.29 is 4.74 Å². The number of rotatable bonds is 5. The van der Waals surface area contributed by atoms with Crippen LogP contribution in [-0.2, 0) is 6.54 Å². The van der Waals surface area contributed by atoms with E-state index < -0.39 is 0 Å². The van der Waals surface area contributed by atoms with E-state index in [9.17, 15) is 0 Å². The average molecular weight is 262 g/mol. The second-order valence-corrected chi connectivity index (χ2v) is 6.76. The van der Waals surface area contributed by atoms with Crippen LogP contribution in [0.15, 0.2) is 12.1 Å². The highest BCUT2D eigenvalue weighted by atomic mass is 16.5. The maximum Gasteiger partial charge on any atom is 0.214 e. The summed E-state index contributed by atoms with van der Waals surface area (Å²) in [5.41, 5.74) is 2.17. The van der Waals surface area contributed by atoms with E-state index in [1.54, 1.807) is 0 Å². The number of hydrogen-bond acceptors (Lipinski definition) is 3. The van der Waals surface area contributed by atoms with Crippen molar-refractivity contribution in [2.24, 2.45) is 0 Å². The minimum absolute atomic E-state index is 0.205. The molecule has 0 atom stereocenters. The molecule has 1 aromatic rings. The summed E-state index contributed by atoms with van der Waals surface area (Å²) >= 11 is 0. The van der Waals surface area contributed by atoms with Crippen molar-refractivity contribution in [3.63, 3.8) is 0 Å². The van der Waals surface area contributed by atoms with Gasteiger partial charge in [-0.3, -0.25) is 0 Å². The molecule has 2 rings (SSSR count). The van der Waals surface area contributed by atoms with E-state index in [0.29, 0.717) is 5.92 Å². The zero-order valence-electron chi connectivity index (χ0n) is 12.8. The van der Waals surface area contributed by atoms with Crippen LogP contribution in [-0.4, -0.2) is 16.6 Å². The fourth-order valence-corrected chi connectivity index (χ4v) is 1.90. The van der Waals surface area contributed by atoms with Crippen LogP contribution in [0.2, 0.25) is 0 Å². The third-order valence-corrected chi connectivity index (χ3v) is 3.06. The smallest absolute Gasteiger partial charge is 0.214 e. The average Bonchev–Trinajstić information content (AvgIpc) is 3.07. The van der Waals surface area contributed by atoms with Gasteiger partial charge < -0.3 is 10.1 Å². The first-order valence-electron chi connectivity index (χ1n) is 7.27. The topological polar surface area (TPSA) is 34.1 Å². The van der Waals surface area contributed by atoms with E-state index in [1.807, 2.05) is 0 Å². The summed E-state index contributed by atoms with van der Waals surface area (Å²) in [4.78, 5) is 4.61. The molecule has 1 saturated carbocycles. The summed E-state index contributed by atoms with van der Waals surface area (Å²) in [6.45, 7) is 11.4. The van der Waals surface area contributed by atoms with Gasteiger partial charge in [-0.2, -0.15) is 0 Å². The molecule has 1 aromatic heterocycles. The lowest BCUT2D eigenvalue weighted by atomic mass is 10.1. The van der Waals surface area contributed by atoms with Crippen LogP contribution >= 0.6 is 0 Å². The first kappa shape index (κ1) is 14.3. The minimum atomic E-state index is -0.205. The monoisotopic (exact) mass is 262 g/mol. The fraction of sp³-hybridized carbons (Fsp3) is 0.688. The molecular formula is C16H26N2O. The Hall–Kier alpha value is -1.09. The number of nitrogens with zero attached hydrogens (tertiary/aromatic N) is 1. The molecule has 1 fully saturated rings. The van der Waals surface area contributed by atoms with Crippen molar-refractivity contribution in [1.82, 2.24) is 10.3 Å². The Bertz CT molecular complexity index is 431. The number of nitrogens with one attached hydrogen (secondary N) is 1. The zero-order valence-corrected chi connectivity index (χ0v) is 12.8. The number of pyridine rings is 1. The summed E-state index contributed by atoms with van der Waals surface area (Å²) in [5, 5.41) is 3.55. The maximum absolute atomic E-state index is 5.92. The lowest BCUT2D eigenvalue weighted by Gasteiger charge is -2.22. The first-order valence-corrected chi connectivity index (χ1v) is 7.27. The molecule has 3 nitrogen and oxygen atoms in total. The van der Waals surface area contributed by atoms with Gasteiger partial charge in [-0.15, -0.1) is 0 Å². The van der Waals surface area contributed by atoms with Crippen LogP contribution in [0.3, 0.4) is 0 Å². The molecule has 0 spiro atoms. The Morgan fingerprint density at radius 1 is 1.32 bits per heavy atom. The molecule has 0 aliphatic heterocycles. The van der Waals surface area contributed by atoms with Crippen LogP contribution in [0.4, 0.5) is 0 Å². The van der Waals surface area contributed by atoms with Crippen LogP contribution in [0.25, 0.3) is 0 Å². The number of aromatic nitrogens is 1. The van der Waals surface area contributed by atoms with Crippen molar-refractivity contribution in [3.8, 4) is 5.88 Å². The van der Waals surface area contributed by atoms with E-state index in [2.05, 4.69) is 57.1 Å². The predicted octanol–water partition coefficient (Wildman–Crippen LogP) is 3.63. The van der Waals surface area contributed by atoms with Gasteiger partial charge in [-0.1, -0.05) is 13.8 Å². The second-order valence-electron chi connectivity index (χ2n) is 6.76. The predicted molar refractivity (Wildman–Crippen MR) is 78.6 cm³/mol. The molecule has 3 heteroatoms. The summed E-state index contributed by atoms with van der Waals surface area (Å²) in [6.07, 6.45) is 2.63. The van der Waals surface area contributed by atoms with E-state index in [4.69, 9.17) is 4.74 Å². The Morgan fingerprint density at radius 3 is 2.53 bits per heavy atom. The van der Waals surface area contributed by atoms with Crippen molar-refractivity contribution in [3.05, 3.63) is 23.4 Å². The third kappa shape index (κ3) is 4.83. The molecule has 0 unspecified atom stereocenters. The summed E-state index contributed by atoms with van der Waals surface area (Å²) < 4.78 is 5.92. The number of hydrogen-bond donors (Lipinski definition) is 1. The van der Waals surface area contributed by atoms with Crippen molar-refractivity contribution in [2.45, 2.75) is 71.6 Å². The molecular weight excluding hydrogens is 236 g/mol. The van der Waals surface area contributed by atoms with Gasteiger partial charge in [-0.25, -0.2) is 4.98 Å². The Balaban J connectivity index is 2.15. The maximum atomic E-state index is 5.92. The third-order valence-electron chi connectivity index (χ3n) is 3.06. The zero-order chi connectivity index (χ0) is 14.0. The van der Waals surface area contributed by atoms with Crippen LogP contribution in [0.5, 0.6) is 5.88 Å². The first-order chi connectivity index (χ1) is 8.83. The molecule has 1 N–H and O–H groups in total. The van der Waals surface area contributed by atoms with E-state index in [-0.39, 0.29) is 5.60 Å². The Morgan fingerprint density at radius 2 is 2.00 bits per heavy atom. The van der Waals surface area contributed by atoms with Gasteiger partial charge in [0.25, 0.3) is 0 Å². The minimum Gasteiger partial charge on any atom is -0.472 e. The standard InChI is InChI=1S/C16H26N2O/c1-11(2)14-8-12(10-17-13-6-7-13)9-15(18-14)19-16(3,4)5/h8-9,11,13,17H,6-7,10H2,1-5H3. The van der Waals surface area contributed by atoms with Crippen LogP contribution in [0.1, 0.15) is 64.6 Å². The highest BCUT2D eigenvalue weighted by molar-refractivity contribution is 5.27. The molecule has 1 heterocycles. The largest absolute Gasteiger partial charge is 0.472 e. The van der Waals surface area contributed by atoms with Gasteiger partial charge in [-0.05, 0) is 51.2 Å². The normalized spacial score (nSPS) is 15.9. The van der Waals surface area contributed by atoms with Gasteiger partial charge in [0.1, 0.15) is 5.60 Å². The fourth-order valence-electron chi connectivity index (χ4n) is 1.90. The van der Waals surface area contributed by atoms with Gasteiger partial charge in [0.05, 0.1) is 0 Å². The molecule has 1 aliphatic carbocycles. The molecule has 0 saturated heterocycles. The Labute approximate surface area is 116 Å². The van der Waals surface area contributed by atoms with Crippen molar-refractivity contribution in [1.29, 1.82) is 0 Å². The number of ether oxygens (including phenoxy) is 1. The van der Waals surface area contributed by atoms with Crippen LogP contribution < -0.4 is 10.1 Å². The van der Waals surface area contributed by atoms with Crippen molar-refractivity contribution in [2.75, 3.05) is 0 Å². The quantitative estimate of drug-likeness (QED) is 0.879. The van der Waals surface area contributed by atoms with Gasteiger partial charge in [0.2, 0.25) is 5.88 Å². The van der Waals surface area contributed by atoms with Gasteiger partial charge in [0, 0.05) is 24.3 Å². The highest BCUT2D eigenvalue weighted by Crippen LogP contribution is 2.24. The lowest BCUT2D eigenvalue weighted by Crippen LogP contribution is -2.24. The summed E-state index contributed by atoms with van der Waals surface area (Å²) in [5.74, 6) is 1.16. The molecule has 1 aliphatic rings. The lowest BCUT2D eigenvalue weighted by molar-refractivity contribution is 0.123. The molecule has 0 radical (unpaired) electrons. The summed E-state index contributed by atoms with van der Waals surface area (Å²) in [7, 11) is 0. The van der Waals surface area contributed by atoms with Gasteiger partial charge >= 0.3 is 0 Å². The second kappa shape index (κ2) is 5.49. The highest BCUT2D eigenvalue weighted by Gasteiger charge is 2.20. The van der Waals surface area contributed by atoms with Crippen LogP contribution in [0, 0.1) is 0 Å². The summed E-state index contributed by atoms with van der Waals surface area (Å²) in [6, 6.07) is 4.98. The SMILES string of the molecule is CC(C)c1cc(CNC2CC2)cc(OC(C)(C)C)n1. The molecule has 19 heavy (non-hydrogen) atoms. The van der Waals surface area contributed by atoms with E-state index in [0.717, 1.165) is 24.2 Å². The van der Waals surface area contributed by atoms with Crippen molar-refractivity contribution >= 4 is 0 Å².